The maximum Gasteiger partial charge on any atom is 0.313 e. The summed E-state index contributed by atoms with van der Waals surface area (Å²) in [5, 5.41) is 16.8. The predicted octanol–water partition coefficient (Wildman–Crippen LogP) is 2.60. The average Bonchev–Trinajstić information content (AvgIpc) is 3.18. The Hall–Kier alpha value is -1.96. The van der Waals surface area contributed by atoms with Crippen LogP contribution in [-0.2, 0) is 4.79 Å². The van der Waals surface area contributed by atoms with Gasteiger partial charge in [0, 0.05) is 5.92 Å². The van der Waals surface area contributed by atoms with Gasteiger partial charge in [0.15, 0.2) is 5.16 Å². The molecule has 5 nitrogen and oxygen atoms in total. The first-order chi connectivity index (χ1) is 10.1. The number of thioether (sulfide) groups is 1. The van der Waals surface area contributed by atoms with E-state index in [4.69, 9.17) is 5.11 Å². The third-order valence-corrected chi connectivity index (χ3v) is 4.00. The first-order valence-corrected chi connectivity index (χ1v) is 7.30. The Kier molecular flexibility index (Phi) is 3.62. The Morgan fingerprint density at radius 1 is 1.33 bits per heavy atom. The van der Waals surface area contributed by atoms with Crippen molar-refractivity contribution in [2.24, 2.45) is 0 Å². The van der Waals surface area contributed by atoms with Gasteiger partial charge in [-0.1, -0.05) is 17.8 Å². The minimum absolute atomic E-state index is 0.121. The van der Waals surface area contributed by atoms with Crippen molar-refractivity contribution in [3.8, 4) is 5.69 Å². The van der Waals surface area contributed by atoms with E-state index in [0.29, 0.717) is 5.82 Å². The molecule has 1 aromatic heterocycles. The van der Waals surface area contributed by atoms with Gasteiger partial charge in [-0.05, 0) is 25.0 Å². The van der Waals surface area contributed by atoms with Crippen LogP contribution in [0.2, 0.25) is 0 Å². The van der Waals surface area contributed by atoms with Gasteiger partial charge in [0.25, 0.3) is 0 Å². The molecular weight excluding hydrogens is 300 g/mol. The third-order valence-electron chi connectivity index (χ3n) is 3.09. The van der Waals surface area contributed by atoms with Gasteiger partial charge in [0.05, 0.1) is 5.75 Å². The standard InChI is InChI=1S/C13H11F2N3O2S/c14-8-2-1-3-9(15)11(8)18-12(7-4-5-7)16-17-13(18)21-6-10(19)20/h1-3,7H,4-6H2,(H,19,20). The number of carboxylic acid groups (broad SMARTS) is 1. The van der Waals surface area contributed by atoms with E-state index < -0.39 is 17.6 Å². The number of carboxylic acids is 1. The second-order valence-corrected chi connectivity index (χ2v) is 5.65. The predicted molar refractivity (Wildman–Crippen MR) is 71.6 cm³/mol. The van der Waals surface area contributed by atoms with Crippen molar-refractivity contribution in [2.75, 3.05) is 5.75 Å². The summed E-state index contributed by atoms with van der Waals surface area (Å²) in [5.41, 5.74) is -0.253. The van der Waals surface area contributed by atoms with E-state index in [9.17, 15) is 13.6 Å². The lowest BCUT2D eigenvalue weighted by Crippen LogP contribution is -2.08. The first kappa shape index (κ1) is 14.0. The van der Waals surface area contributed by atoms with Crippen molar-refractivity contribution in [1.29, 1.82) is 0 Å². The number of aromatic nitrogens is 3. The molecule has 3 rings (SSSR count). The fourth-order valence-corrected chi connectivity index (χ4v) is 2.68. The van der Waals surface area contributed by atoms with Gasteiger partial charge < -0.3 is 5.11 Å². The van der Waals surface area contributed by atoms with Crippen molar-refractivity contribution >= 4 is 17.7 Å². The number of hydrogen-bond donors (Lipinski definition) is 1. The van der Waals surface area contributed by atoms with Crippen LogP contribution in [0.3, 0.4) is 0 Å². The summed E-state index contributed by atoms with van der Waals surface area (Å²) in [6.45, 7) is 0. The summed E-state index contributed by atoms with van der Waals surface area (Å²) < 4.78 is 29.3. The van der Waals surface area contributed by atoms with Gasteiger partial charge >= 0.3 is 5.97 Å². The molecule has 1 aliphatic carbocycles. The normalized spacial score (nSPS) is 14.4. The van der Waals surface area contributed by atoms with E-state index in [1.807, 2.05) is 0 Å². The number of rotatable bonds is 5. The fourth-order valence-electron chi connectivity index (χ4n) is 2.02. The average molecular weight is 311 g/mol. The number of carbonyl (C=O) groups is 1. The van der Waals surface area contributed by atoms with Crippen molar-refractivity contribution < 1.29 is 18.7 Å². The maximum absolute atomic E-state index is 14.0. The molecule has 0 spiro atoms. The lowest BCUT2D eigenvalue weighted by atomic mass is 10.2. The topological polar surface area (TPSA) is 68.0 Å². The van der Waals surface area contributed by atoms with Crippen LogP contribution in [0.4, 0.5) is 8.78 Å². The molecule has 0 atom stereocenters. The highest BCUT2D eigenvalue weighted by atomic mass is 32.2. The van der Waals surface area contributed by atoms with Crippen LogP contribution in [0.15, 0.2) is 23.4 Å². The molecule has 1 fully saturated rings. The Balaban J connectivity index is 2.09. The zero-order chi connectivity index (χ0) is 15.0. The molecular formula is C13H11F2N3O2S. The van der Waals surface area contributed by atoms with Gasteiger partial charge in [-0.15, -0.1) is 10.2 Å². The van der Waals surface area contributed by atoms with E-state index in [0.717, 1.165) is 36.7 Å². The van der Waals surface area contributed by atoms with E-state index in [1.165, 1.54) is 10.6 Å². The summed E-state index contributed by atoms with van der Waals surface area (Å²) in [5.74, 6) is -2.14. The SMILES string of the molecule is O=C(O)CSc1nnc(C2CC2)n1-c1c(F)cccc1F. The second kappa shape index (κ2) is 5.44. The summed E-state index contributed by atoms with van der Waals surface area (Å²) in [7, 11) is 0. The van der Waals surface area contributed by atoms with Gasteiger partial charge in [-0.3, -0.25) is 9.36 Å². The van der Waals surface area contributed by atoms with Crippen LogP contribution in [-0.4, -0.2) is 31.6 Å². The molecule has 21 heavy (non-hydrogen) atoms. The van der Waals surface area contributed by atoms with Crippen LogP contribution in [0.5, 0.6) is 0 Å². The lowest BCUT2D eigenvalue weighted by molar-refractivity contribution is -0.133. The monoisotopic (exact) mass is 311 g/mol. The molecule has 0 aliphatic heterocycles. The van der Waals surface area contributed by atoms with Gasteiger partial charge in [-0.2, -0.15) is 0 Å². The quantitative estimate of drug-likeness (QED) is 0.860. The highest BCUT2D eigenvalue weighted by Gasteiger charge is 2.32. The van der Waals surface area contributed by atoms with E-state index in [1.54, 1.807) is 0 Å². The van der Waals surface area contributed by atoms with Crippen molar-refractivity contribution in [2.45, 2.75) is 23.9 Å². The smallest absolute Gasteiger partial charge is 0.313 e. The summed E-state index contributed by atoms with van der Waals surface area (Å²) in [6, 6.07) is 3.58. The van der Waals surface area contributed by atoms with Crippen molar-refractivity contribution in [1.82, 2.24) is 14.8 Å². The van der Waals surface area contributed by atoms with Crippen LogP contribution in [0.1, 0.15) is 24.6 Å². The summed E-state index contributed by atoms with van der Waals surface area (Å²) >= 11 is 0.890. The Morgan fingerprint density at radius 3 is 2.57 bits per heavy atom. The van der Waals surface area contributed by atoms with Crippen LogP contribution >= 0.6 is 11.8 Å². The molecule has 1 heterocycles. The number of para-hydroxylation sites is 1. The number of nitrogens with zero attached hydrogens (tertiary/aromatic N) is 3. The molecule has 0 bridgehead atoms. The Bertz CT molecular complexity index is 680. The first-order valence-electron chi connectivity index (χ1n) is 6.32. The highest BCUT2D eigenvalue weighted by molar-refractivity contribution is 7.99. The van der Waals surface area contributed by atoms with Crippen LogP contribution in [0.25, 0.3) is 5.69 Å². The van der Waals surface area contributed by atoms with Gasteiger partial charge in [0.2, 0.25) is 0 Å². The molecule has 1 saturated carbocycles. The highest BCUT2D eigenvalue weighted by Crippen LogP contribution is 2.41. The van der Waals surface area contributed by atoms with E-state index in [-0.39, 0.29) is 22.5 Å². The molecule has 0 saturated heterocycles. The van der Waals surface area contributed by atoms with Crippen LogP contribution < -0.4 is 0 Å². The molecule has 0 amide bonds. The largest absolute Gasteiger partial charge is 0.481 e. The Morgan fingerprint density at radius 2 is 2.00 bits per heavy atom. The molecule has 1 N–H and O–H groups in total. The second-order valence-electron chi connectivity index (χ2n) is 4.70. The minimum atomic E-state index is -1.03. The Labute approximate surface area is 123 Å². The zero-order valence-corrected chi connectivity index (χ0v) is 11.6. The molecule has 1 aliphatic rings. The van der Waals surface area contributed by atoms with E-state index >= 15 is 0 Å². The molecule has 0 unspecified atom stereocenters. The number of hydrogen-bond acceptors (Lipinski definition) is 4. The van der Waals surface area contributed by atoms with E-state index in [2.05, 4.69) is 10.2 Å². The zero-order valence-electron chi connectivity index (χ0n) is 10.8. The van der Waals surface area contributed by atoms with Gasteiger partial charge in [-0.25, -0.2) is 8.78 Å². The molecule has 8 heteroatoms. The molecule has 1 aromatic carbocycles. The molecule has 0 radical (unpaired) electrons. The third kappa shape index (κ3) is 2.76. The molecule has 2 aromatic rings. The number of halogens is 2. The maximum atomic E-state index is 14.0. The van der Waals surface area contributed by atoms with Gasteiger partial charge in [0.1, 0.15) is 23.1 Å². The summed E-state index contributed by atoms with van der Waals surface area (Å²) in [4.78, 5) is 10.7. The minimum Gasteiger partial charge on any atom is -0.481 e. The number of aliphatic carboxylic acids is 1. The number of benzene rings is 1. The van der Waals surface area contributed by atoms with Crippen molar-refractivity contribution in [3.05, 3.63) is 35.7 Å². The fraction of sp³-hybridized carbons (Fsp3) is 0.308. The summed E-state index contributed by atoms with van der Waals surface area (Å²) in [6.07, 6.45) is 1.77. The van der Waals surface area contributed by atoms with Crippen molar-refractivity contribution in [3.63, 3.8) is 0 Å². The molecule has 110 valence electrons. The lowest BCUT2D eigenvalue weighted by Gasteiger charge is -2.11. The van der Waals surface area contributed by atoms with Crippen LogP contribution in [0, 0.1) is 11.6 Å².